The summed E-state index contributed by atoms with van der Waals surface area (Å²) in [6.45, 7) is 1.91. The van der Waals surface area contributed by atoms with Crippen molar-refractivity contribution in [3.63, 3.8) is 0 Å². The van der Waals surface area contributed by atoms with E-state index < -0.39 is 17.1 Å². The highest BCUT2D eigenvalue weighted by molar-refractivity contribution is 8.00. The van der Waals surface area contributed by atoms with E-state index in [1.54, 1.807) is 91.0 Å². The molecule has 0 spiro atoms. The summed E-state index contributed by atoms with van der Waals surface area (Å²) in [7, 11) is 0. The molecule has 4 aromatic rings. The third kappa shape index (κ3) is 8.63. The van der Waals surface area contributed by atoms with Crippen molar-refractivity contribution in [1.82, 2.24) is 5.32 Å². The number of halogens is 3. The maximum atomic E-state index is 13.4. The Bertz CT molecular complexity index is 1630. The van der Waals surface area contributed by atoms with E-state index in [0.717, 1.165) is 4.90 Å². The molecule has 0 bridgehead atoms. The van der Waals surface area contributed by atoms with Crippen LogP contribution in [0, 0.1) is 0 Å². The van der Waals surface area contributed by atoms with Gasteiger partial charge in [0.25, 0.3) is 11.8 Å². The Morgan fingerprint density at radius 2 is 1.55 bits per heavy atom. The number of nitrogens with one attached hydrogen (secondary N) is 3. The summed E-state index contributed by atoms with van der Waals surface area (Å²) < 4.78 is 0. The van der Waals surface area contributed by atoms with Crippen LogP contribution < -0.4 is 16.0 Å². The monoisotopic (exact) mass is 637 g/mol. The molecule has 3 amide bonds. The molecule has 0 fully saturated rings. The number of amides is 3. The first-order valence-corrected chi connectivity index (χ1v) is 14.9. The molecule has 1 atom stereocenters. The van der Waals surface area contributed by atoms with Gasteiger partial charge in [0.2, 0.25) is 5.91 Å². The molecule has 0 heterocycles. The zero-order valence-electron chi connectivity index (χ0n) is 22.4. The maximum Gasteiger partial charge on any atom is 0.272 e. The summed E-state index contributed by atoms with van der Waals surface area (Å²) in [5, 5.41) is 9.22. The fourth-order valence-corrected chi connectivity index (χ4v) is 5.37. The molecule has 3 N–H and O–H groups in total. The maximum absolute atomic E-state index is 13.4. The minimum absolute atomic E-state index is 0.0132. The third-order valence-corrected chi connectivity index (χ3v) is 8.22. The highest BCUT2D eigenvalue weighted by Crippen LogP contribution is 2.31. The van der Waals surface area contributed by atoms with Crippen LogP contribution in [-0.4, -0.2) is 23.0 Å². The standard InChI is InChI=1S/C32H26Cl3N3O3S/c1-2-29(32(41)37-27-18-22(33)15-16-26(27)35)42-24-13-8-12-23(19-24)36-31(40)28(17-21-11-6-7-14-25(21)34)38-30(39)20-9-4-3-5-10-20/h3-19,29H,2H2,1H3,(H,36,40)(H,37,41)(H,38,39)/b28-17+. The van der Waals surface area contributed by atoms with Crippen LogP contribution in [0.25, 0.3) is 6.08 Å². The minimum atomic E-state index is -0.540. The summed E-state index contributed by atoms with van der Waals surface area (Å²) in [6.07, 6.45) is 2.07. The summed E-state index contributed by atoms with van der Waals surface area (Å²) in [5.41, 5.74) is 1.90. The predicted octanol–water partition coefficient (Wildman–Crippen LogP) is 8.57. The Labute approximate surface area is 263 Å². The lowest BCUT2D eigenvalue weighted by Crippen LogP contribution is -2.30. The van der Waals surface area contributed by atoms with Gasteiger partial charge in [-0.1, -0.05) is 84.2 Å². The van der Waals surface area contributed by atoms with Crippen molar-refractivity contribution in [3.05, 3.63) is 129 Å². The van der Waals surface area contributed by atoms with Crippen LogP contribution in [0.3, 0.4) is 0 Å². The highest BCUT2D eigenvalue weighted by atomic mass is 35.5. The number of thioether (sulfide) groups is 1. The van der Waals surface area contributed by atoms with Gasteiger partial charge in [-0.2, -0.15) is 0 Å². The average Bonchev–Trinajstić information content (AvgIpc) is 2.99. The van der Waals surface area contributed by atoms with Crippen LogP contribution in [0.1, 0.15) is 29.3 Å². The van der Waals surface area contributed by atoms with E-state index in [-0.39, 0.29) is 11.6 Å². The molecule has 0 saturated heterocycles. The molecule has 0 aliphatic carbocycles. The van der Waals surface area contributed by atoms with Gasteiger partial charge in [0.05, 0.1) is 16.0 Å². The fraction of sp³-hybridized carbons (Fsp3) is 0.0938. The van der Waals surface area contributed by atoms with Gasteiger partial charge in [-0.05, 0) is 72.7 Å². The lowest BCUT2D eigenvalue weighted by atomic mass is 10.1. The summed E-state index contributed by atoms with van der Waals surface area (Å²) >= 11 is 19.9. The quantitative estimate of drug-likeness (QED) is 0.120. The Morgan fingerprint density at radius 1 is 0.810 bits per heavy atom. The molecule has 1 unspecified atom stereocenters. The second kappa shape index (κ2) is 14.9. The van der Waals surface area contributed by atoms with Crippen molar-refractivity contribution in [2.24, 2.45) is 0 Å². The van der Waals surface area contributed by atoms with Crippen LogP contribution in [0.5, 0.6) is 0 Å². The molecule has 4 rings (SSSR count). The lowest BCUT2D eigenvalue weighted by Gasteiger charge is -2.16. The van der Waals surface area contributed by atoms with Crippen LogP contribution in [0.2, 0.25) is 15.1 Å². The molecule has 214 valence electrons. The Balaban J connectivity index is 1.51. The van der Waals surface area contributed by atoms with Gasteiger partial charge in [0.15, 0.2) is 0 Å². The number of hydrogen-bond acceptors (Lipinski definition) is 4. The van der Waals surface area contributed by atoms with Crippen LogP contribution in [0.4, 0.5) is 11.4 Å². The number of carbonyl (C=O) groups is 3. The second-order valence-corrected chi connectivity index (χ2v) is 11.5. The Morgan fingerprint density at radius 3 is 2.29 bits per heavy atom. The topological polar surface area (TPSA) is 87.3 Å². The first-order valence-electron chi connectivity index (χ1n) is 12.9. The van der Waals surface area contributed by atoms with Gasteiger partial charge in [0, 0.05) is 26.2 Å². The van der Waals surface area contributed by atoms with Gasteiger partial charge in [-0.25, -0.2) is 0 Å². The largest absolute Gasteiger partial charge is 0.324 e. The van der Waals surface area contributed by atoms with Gasteiger partial charge < -0.3 is 16.0 Å². The number of carbonyl (C=O) groups excluding carboxylic acids is 3. The molecule has 10 heteroatoms. The minimum Gasteiger partial charge on any atom is -0.324 e. The van der Waals surface area contributed by atoms with Crippen molar-refractivity contribution < 1.29 is 14.4 Å². The molecule has 4 aromatic carbocycles. The second-order valence-electron chi connectivity index (χ2n) is 9.01. The molecule has 6 nitrogen and oxygen atoms in total. The highest BCUT2D eigenvalue weighted by Gasteiger charge is 2.20. The smallest absolute Gasteiger partial charge is 0.272 e. The fourth-order valence-electron chi connectivity index (χ4n) is 3.83. The summed E-state index contributed by atoms with van der Waals surface area (Å²) in [4.78, 5) is 40.1. The van der Waals surface area contributed by atoms with Crippen LogP contribution in [0.15, 0.2) is 108 Å². The number of benzene rings is 4. The number of anilines is 2. The van der Waals surface area contributed by atoms with Crippen LogP contribution >= 0.6 is 46.6 Å². The van der Waals surface area contributed by atoms with Gasteiger partial charge >= 0.3 is 0 Å². The lowest BCUT2D eigenvalue weighted by molar-refractivity contribution is -0.116. The van der Waals surface area contributed by atoms with E-state index in [0.29, 0.717) is 44.0 Å². The summed E-state index contributed by atoms with van der Waals surface area (Å²) in [5.74, 6) is -1.21. The van der Waals surface area contributed by atoms with E-state index in [2.05, 4.69) is 16.0 Å². The zero-order chi connectivity index (χ0) is 30.1. The molecule has 0 aromatic heterocycles. The van der Waals surface area contributed by atoms with E-state index in [4.69, 9.17) is 34.8 Å². The summed E-state index contributed by atoms with van der Waals surface area (Å²) in [6, 6.07) is 27.6. The molecule has 0 radical (unpaired) electrons. The first-order chi connectivity index (χ1) is 20.2. The van der Waals surface area contributed by atoms with E-state index in [1.807, 2.05) is 13.0 Å². The Hall–Kier alpha value is -3.75. The number of hydrogen-bond donors (Lipinski definition) is 3. The van der Waals surface area contributed by atoms with Gasteiger partial charge in [-0.3, -0.25) is 14.4 Å². The molecule has 0 aliphatic heterocycles. The third-order valence-electron chi connectivity index (χ3n) is 5.95. The molecular weight excluding hydrogens is 613 g/mol. The van der Waals surface area contributed by atoms with E-state index in [1.165, 1.54) is 17.8 Å². The van der Waals surface area contributed by atoms with Crippen molar-refractivity contribution >= 4 is 81.7 Å². The average molecular weight is 639 g/mol. The van der Waals surface area contributed by atoms with E-state index in [9.17, 15) is 14.4 Å². The zero-order valence-corrected chi connectivity index (χ0v) is 25.5. The first kappa shape index (κ1) is 31.2. The van der Waals surface area contributed by atoms with Crippen molar-refractivity contribution in [2.75, 3.05) is 10.6 Å². The predicted molar refractivity (Wildman–Crippen MR) is 173 cm³/mol. The Kier molecular flexibility index (Phi) is 11.1. The molecular formula is C32H26Cl3N3O3S. The molecule has 0 saturated carbocycles. The van der Waals surface area contributed by atoms with Crippen molar-refractivity contribution in [2.45, 2.75) is 23.5 Å². The number of rotatable bonds is 10. The SMILES string of the molecule is CCC(Sc1cccc(NC(=O)/C(=C\c2ccccc2Cl)NC(=O)c2ccccc2)c1)C(=O)Nc1cc(Cl)ccc1Cl. The van der Waals surface area contributed by atoms with Crippen molar-refractivity contribution in [3.8, 4) is 0 Å². The normalized spacial score (nSPS) is 11.9. The van der Waals surface area contributed by atoms with Crippen molar-refractivity contribution in [1.29, 1.82) is 0 Å². The molecule has 0 aliphatic rings. The van der Waals surface area contributed by atoms with Gasteiger partial charge in [0.1, 0.15) is 5.70 Å². The van der Waals surface area contributed by atoms with E-state index >= 15 is 0 Å². The molecule has 42 heavy (non-hydrogen) atoms. The van der Waals surface area contributed by atoms with Gasteiger partial charge in [-0.15, -0.1) is 11.8 Å². The van der Waals surface area contributed by atoms with Crippen LogP contribution in [-0.2, 0) is 9.59 Å².